The molecule has 2 aromatic carbocycles. The van der Waals surface area contributed by atoms with Gasteiger partial charge < -0.3 is 14.5 Å². The van der Waals surface area contributed by atoms with Crippen molar-refractivity contribution in [2.24, 2.45) is 5.10 Å². The van der Waals surface area contributed by atoms with Crippen LogP contribution in [0.15, 0.2) is 41.5 Å². The van der Waals surface area contributed by atoms with Crippen LogP contribution in [0.2, 0.25) is 0 Å². The van der Waals surface area contributed by atoms with Gasteiger partial charge in [0, 0.05) is 12.1 Å². The zero-order valence-electron chi connectivity index (χ0n) is 16.5. The molecule has 0 spiro atoms. The summed E-state index contributed by atoms with van der Waals surface area (Å²) < 4.78 is 20.7. The highest BCUT2D eigenvalue weighted by Gasteiger charge is 2.37. The number of nitrogens with zero attached hydrogens (tertiary/aromatic N) is 3. The first-order valence-electron chi connectivity index (χ1n) is 9.93. The van der Waals surface area contributed by atoms with Crippen LogP contribution in [-0.4, -0.2) is 49.4 Å². The van der Waals surface area contributed by atoms with E-state index >= 15 is 0 Å². The number of carbonyl (C=O) groups is 1. The minimum Gasteiger partial charge on any atom is -0.483 e. The first-order valence-corrected chi connectivity index (χ1v) is 9.93. The number of likely N-dealkylation sites (tertiary alicyclic amines) is 1. The van der Waals surface area contributed by atoms with Crippen LogP contribution in [0.5, 0.6) is 5.75 Å². The van der Waals surface area contributed by atoms with Gasteiger partial charge in [0.2, 0.25) is 0 Å². The lowest BCUT2D eigenvalue weighted by molar-refractivity contribution is -0.122. The van der Waals surface area contributed by atoms with Crippen molar-refractivity contribution in [1.82, 2.24) is 10.3 Å². The van der Waals surface area contributed by atoms with Gasteiger partial charge in [-0.2, -0.15) is 5.10 Å². The zero-order valence-corrected chi connectivity index (χ0v) is 16.5. The Balaban J connectivity index is 1.70. The molecule has 0 radical (unpaired) electrons. The van der Waals surface area contributed by atoms with Gasteiger partial charge in [-0.15, -0.1) is 0 Å². The number of anilines is 1. The highest BCUT2D eigenvalue weighted by atomic mass is 19.1. The third-order valence-corrected chi connectivity index (χ3v) is 6.08. The van der Waals surface area contributed by atoms with Gasteiger partial charge in [-0.1, -0.05) is 18.2 Å². The van der Waals surface area contributed by atoms with E-state index in [9.17, 15) is 9.18 Å². The maximum absolute atomic E-state index is 14.7. The molecule has 29 heavy (non-hydrogen) atoms. The van der Waals surface area contributed by atoms with Crippen LogP contribution in [0.3, 0.4) is 0 Å². The summed E-state index contributed by atoms with van der Waals surface area (Å²) in [7, 11) is 2.10. The van der Waals surface area contributed by atoms with Crippen molar-refractivity contribution in [2.45, 2.75) is 25.3 Å². The molecule has 7 heteroatoms. The fraction of sp³-hybridized carbons (Fsp3) is 0.364. The Hall–Kier alpha value is -2.93. The number of hydrogen-bond donors (Lipinski definition) is 1. The van der Waals surface area contributed by atoms with E-state index in [0.29, 0.717) is 17.1 Å². The molecule has 1 N–H and O–H groups in total. The molecule has 3 aliphatic heterocycles. The second-order valence-corrected chi connectivity index (χ2v) is 7.97. The predicted octanol–water partition coefficient (Wildman–Crippen LogP) is 2.94. The molecular weight excluding hydrogens is 371 g/mol. The number of amides is 1. The molecule has 2 aromatic rings. The molecule has 1 saturated heterocycles. The summed E-state index contributed by atoms with van der Waals surface area (Å²) in [6, 6.07) is 10.5. The number of benzene rings is 2. The highest BCUT2D eigenvalue weighted by molar-refractivity contribution is 6.09. The number of rotatable bonds is 2. The van der Waals surface area contributed by atoms with Gasteiger partial charge in [-0.25, -0.2) is 9.82 Å². The fourth-order valence-electron chi connectivity index (χ4n) is 4.53. The highest BCUT2D eigenvalue weighted by Crippen LogP contribution is 2.44. The third kappa shape index (κ3) is 2.97. The second-order valence-electron chi connectivity index (χ2n) is 7.97. The van der Waals surface area contributed by atoms with Crippen LogP contribution in [0, 0.1) is 5.82 Å². The first kappa shape index (κ1) is 18.1. The van der Waals surface area contributed by atoms with Crippen LogP contribution < -0.4 is 15.1 Å². The van der Waals surface area contributed by atoms with Crippen LogP contribution in [-0.2, 0) is 4.79 Å². The molecule has 6 nitrogen and oxygen atoms in total. The normalized spacial score (nSPS) is 23.8. The average Bonchev–Trinajstić information content (AvgIpc) is 3.16. The summed E-state index contributed by atoms with van der Waals surface area (Å²) >= 11 is 0. The predicted molar refractivity (Wildman–Crippen MR) is 110 cm³/mol. The average molecular weight is 394 g/mol. The summed E-state index contributed by atoms with van der Waals surface area (Å²) in [5.74, 6) is 1.22. The van der Waals surface area contributed by atoms with Gasteiger partial charge in [0.15, 0.2) is 5.84 Å². The van der Waals surface area contributed by atoms with Crippen LogP contribution in [0.1, 0.15) is 24.8 Å². The number of hydrazone groups is 1. The van der Waals surface area contributed by atoms with Gasteiger partial charge in [0.1, 0.15) is 24.2 Å². The number of hydrogen-bond acceptors (Lipinski definition) is 5. The van der Waals surface area contributed by atoms with Crippen molar-refractivity contribution in [3.05, 3.63) is 47.8 Å². The molecule has 5 rings (SSSR count). The zero-order chi connectivity index (χ0) is 20.1. The quantitative estimate of drug-likeness (QED) is 0.851. The molecule has 1 amide bonds. The lowest BCUT2D eigenvalue weighted by atomic mass is 9.88. The lowest BCUT2D eigenvalue weighted by Gasteiger charge is -2.38. The topological polar surface area (TPSA) is 57.2 Å². The monoisotopic (exact) mass is 394 g/mol. The molecular formula is C22H23FN4O2. The molecule has 3 aliphatic rings. The molecule has 1 fully saturated rings. The number of amidine groups is 1. The summed E-state index contributed by atoms with van der Waals surface area (Å²) in [5, 5.41) is 4.17. The fourth-order valence-corrected chi connectivity index (χ4v) is 4.53. The molecule has 0 unspecified atom stereocenters. The van der Waals surface area contributed by atoms with Crippen molar-refractivity contribution in [3.8, 4) is 16.9 Å². The molecule has 0 aromatic heterocycles. The van der Waals surface area contributed by atoms with E-state index in [4.69, 9.17) is 4.74 Å². The van der Waals surface area contributed by atoms with Gasteiger partial charge in [0.05, 0.1) is 5.69 Å². The van der Waals surface area contributed by atoms with Crippen LogP contribution in [0.4, 0.5) is 10.1 Å². The number of halogens is 1. The van der Waals surface area contributed by atoms with Gasteiger partial charge in [0.25, 0.3) is 5.91 Å². The third-order valence-electron chi connectivity index (χ3n) is 6.08. The number of nitrogens with one attached hydrogen (secondary N) is 1. The molecule has 150 valence electrons. The Bertz CT molecular complexity index is 1020. The summed E-state index contributed by atoms with van der Waals surface area (Å²) in [4.78, 5) is 16.4. The van der Waals surface area contributed by atoms with E-state index in [1.165, 1.54) is 6.07 Å². The van der Waals surface area contributed by atoms with Gasteiger partial charge in [-0.05, 0) is 62.2 Å². The standard InChI is InChI=1S/C22H23FN4O2/c1-13-22(28)25-24-21-12-29-20-10-17(15-5-3-4-6-18(15)23)16(9-19(20)27(13)21)14-7-8-26(2)11-14/h3-6,9-10,13-14H,7-8,11-12H2,1-2H3,(H,25,28)/t13-,14-/m1/s1. The van der Waals surface area contributed by atoms with E-state index in [-0.39, 0.29) is 30.3 Å². The number of carbonyl (C=O) groups excluding carboxylic acids is 1. The molecule has 0 aliphatic carbocycles. The molecule has 2 atom stereocenters. The molecule has 0 saturated carbocycles. The lowest BCUT2D eigenvalue weighted by Crippen LogP contribution is -2.55. The van der Waals surface area contributed by atoms with Crippen LogP contribution >= 0.6 is 0 Å². The van der Waals surface area contributed by atoms with Crippen molar-refractivity contribution in [2.75, 3.05) is 31.6 Å². The second kappa shape index (κ2) is 6.84. The van der Waals surface area contributed by atoms with E-state index < -0.39 is 0 Å². The smallest absolute Gasteiger partial charge is 0.262 e. The number of fused-ring (bicyclic) bond motifs is 3. The van der Waals surface area contributed by atoms with Crippen molar-refractivity contribution in [1.29, 1.82) is 0 Å². The van der Waals surface area contributed by atoms with Crippen molar-refractivity contribution in [3.63, 3.8) is 0 Å². The Morgan fingerprint density at radius 3 is 2.83 bits per heavy atom. The SMILES string of the molecule is C[C@@H]1C(=O)NN=C2COc3cc(-c4ccccc4F)c([C@@H]4CCN(C)C4)cc3N21. The Morgan fingerprint density at radius 2 is 2.07 bits per heavy atom. The largest absolute Gasteiger partial charge is 0.483 e. The van der Waals surface area contributed by atoms with Crippen molar-refractivity contribution >= 4 is 17.4 Å². The van der Waals surface area contributed by atoms with E-state index in [1.54, 1.807) is 6.07 Å². The first-order chi connectivity index (χ1) is 14.0. The maximum Gasteiger partial charge on any atom is 0.262 e. The van der Waals surface area contributed by atoms with E-state index in [2.05, 4.69) is 28.5 Å². The summed E-state index contributed by atoms with van der Waals surface area (Å²) in [5.41, 5.74) is 5.89. The van der Waals surface area contributed by atoms with E-state index in [1.807, 2.05) is 30.0 Å². The summed E-state index contributed by atoms with van der Waals surface area (Å²) in [6.45, 7) is 4.04. The van der Waals surface area contributed by atoms with Crippen molar-refractivity contribution < 1.29 is 13.9 Å². The molecule has 0 bridgehead atoms. The van der Waals surface area contributed by atoms with Gasteiger partial charge in [-0.3, -0.25) is 4.79 Å². The van der Waals surface area contributed by atoms with Gasteiger partial charge >= 0.3 is 0 Å². The maximum atomic E-state index is 14.7. The Morgan fingerprint density at radius 1 is 1.24 bits per heavy atom. The summed E-state index contributed by atoms with van der Waals surface area (Å²) in [6.07, 6.45) is 1.01. The number of likely N-dealkylation sites (N-methyl/N-ethyl adjacent to an activating group) is 1. The van der Waals surface area contributed by atoms with E-state index in [0.717, 1.165) is 36.3 Å². The number of ether oxygens (including phenoxy) is 1. The Kier molecular flexibility index (Phi) is 4.28. The van der Waals surface area contributed by atoms with Crippen LogP contribution in [0.25, 0.3) is 11.1 Å². The Labute approximate surface area is 168 Å². The minimum absolute atomic E-state index is 0.151. The molecule has 3 heterocycles. The minimum atomic E-state index is -0.386.